The van der Waals surface area contributed by atoms with Crippen molar-refractivity contribution < 1.29 is 4.79 Å². The lowest BCUT2D eigenvalue weighted by atomic mass is 10.2. The highest BCUT2D eigenvalue weighted by molar-refractivity contribution is 7.21. The molecule has 0 aliphatic carbocycles. The molecule has 0 bridgehead atoms. The zero-order valence-corrected chi connectivity index (χ0v) is 8.27. The Hall–Kier alpha value is -1.62. The Balaban J connectivity index is 2.94. The molecule has 2 heterocycles. The van der Waals surface area contributed by atoms with Crippen molar-refractivity contribution >= 4 is 27.3 Å². The Labute approximate surface area is 83.4 Å². The van der Waals surface area contributed by atoms with Gasteiger partial charge in [0.15, 0.2) is 0 Å². The number of pyridine rings is 1. The fraction of sp³-hybridized carbons (Fsp3) is 0.111. The van der Waals surface area contributed by atoms with Crippen LogP contribution in [0.3, 0.4) is 0 Å². The SMILES string of the molecule is Cc1c(C(N)=O)sc2cc[nH]c(=O)c12. The average Bonchev–Trinajstić information content (AvgIpc) is 2.45. The first kappa shape index (κ1) is 8.96. The number of nitrogens with two attached hydrogens (primary N) is 1. The van der Waals surface area contributed by atoms with Crippen molar-refractivity contribution in [3.8, 4) is 0 Å². The number of primary amides is 1. The van der Waals surface area contributed by atoms with Crippen molar-refractivity contribution in [3.63, 3.8) is 0 Å². The van der Waals surface area contributed by atoms with Crippen molar-refractivity contribution in [2.45, 2.75) is 6.92 Å². The predicted octanol–water partition coefficient (Wildman–Crippen LogP) is 0.997. The molecule has 0 aliphatic rings. The summed E-state index contributed by atoms with van der Waals surface area (Å²) < 4.78 is 0.792. The molecule has 3 N–H and O–H groups in total. The normalized spacial score (nSPS) is 10.6. The summed E-state index contributed by atoms with van der Waals surface area (Å²) in [6, 6.07) is 1.76. The molecule has 0 saturated carbocycles. The van der Waals surface area contributed by atoms with Crippen molar-refractivity contribution in [1.29, 1.82) is 0 Å². The standard InChI is InChI=1S/C9H8N2O2S/c1-4-6-5(2-3-11-9(6)13)14-7(4)8(10)12/h2-3H,1H3,(H2,10,12)(H,11,13). The first-order valence-corrected chi connectivity index (χ1v) is 4.83. The Morgan fingerprint density at radius 1 is 1.57 bits per heavy atom. The second-order valence-electron chi connectivity index (χ2n) is 2.97. The van der Waals surface area contributed by atoms with E-state index in [0.717, 1.165) is 4.70 Å². The predicted molar refractivity (Wildman–Crippen MR) is 55.7 cm³/mol. The molecule has 0 radical (unpaired) electrons. The van der Waals surface area contributed by atoms with E-state index in [9.17, 15) is 9.59 Å². The van der Waals surface area contributed by atoms with Gasteiger partial charge in [-0.05, 0) is 18.6 Å². The number of aryl methyl sites for hydroxylation is 1. The number of aromatic nitrogens is 1. The molecular formula is C9H8N2O2S. The highest BCUT2D eigenvalue weighted by atomic mass is 32.1. The summed E-state index contributed by atoms with van der Waals surface area (Å²) in [6.45, 7) is 1.73. The average molecular weight is 208 g/mol. The van der Waals surface area contributed by atoms with Crippen LogP contribution < -0.4 is 11.3 Å². The lowest BCUT2D eigenvalue weighted by Gasteiger charge is -1.90. The minimum atomic E-state index is -0.483. The van der Waals surface area contributed by atoms with Crippen LogP contribution in [0.15, 0.2) is 17.1 Å². The number of nitrogens with one attached hydrogen (secondary N) is 1. The summed E-state index contributed by atoms with van der Waals surface area (Å²) in [7, 11) is 0. The van der Waals surface area contributed by atoms with Crippen LogP contribution in [0.4, 0.5) is 0 Å². The van der Waals surface area contributed by atoms with Gasteiger partial charge in [-0.25, -0.2) is 0 Å². The van der Waals surface area contributed by atoms with E-state index in [1.165, 1.54) is 11.3 Å². The maximum absolute atomic E-state index is 11.4. The summed E-state index contributed by atoms with van der Waals surface area (Å²) in [5.74, 6) is -0.483. The fourth-order valence-corrected chi connectivity index (χ4v) is 2.50. The Bertz CT molecular complexity index is 568. The van der Waals surface area contributed by atoms with Crippen molar-refractivity contribution in [1.82, 2.24) is 4.98 Å². The summed E-state index contributed by atoms with van der Waals surface area (Å²) in [6.07, 6.45) is 1.56. The molecule has 0 spiro atoms. The lowest BCUT2D eigenvalue weighted by Crippen LogP contribution is -2.11. The van der Waals surface area contributed by atoms with E-state index in [0.29, 0.717) is 15.8 Å². The third-order valence-corrected chi connectivity index (χ3v) is 3.35. The van der Waals surface area contributed by atoms with Gasteiger partial charge in [-0.15, -0.1) is 11.3 Å². The number of hydrogen-bond acceptors (Lipinski definition) is 3. The second kappa shape index (κ2) is 2.95. The van der Waals surface area contributed by atoms with E-state index in [1.807, 2.05) is 0 Å². The van der Waals surface area contributed by atoms with Crippen molar-refractivity contribution in [2.24, 2.45) is 5.73 Å². The first-order chi connectivity index (χ1) is 6.61. The van der Waals surface area contributed by atoms with Gasteiger partial charge in [0.25, 0.3) is 11.5 Å². The van der Waals surface area contributed by atoms with Crippen LogP contribution in [0, 0.1) is 6.92 Å². The van der Waals surface area contributed by atoms with E-state index in [4.69, 9.17) is 5.73 Å². The summed E-state index contributed by atoms with van der Waals surface area (Å²) in [5, 5.41) is 0.561. The Morgan fingerprint density at radius 3 is 2.86 bits per heavy atom. The molecule has 2 aromatic rings. The Kier molecular flexibility index (Phi) is 1.89. The third kappa shape index (κ3) is 1.13. The molecule has 2 aromatic heterocycles. The van der Waals surface area contributed by atoms with Crippen LogP contribution in [-0.4, -0.2) is 10.9 Å². The van der Waals surface area contributed by atoms with Gasteiger partial charge in [0, 0.05) is 10.9 Å². The maximum Gasteiger partial charge on any atom is 0.259 e. The molecular weight excluding hydrogens is 200 g/mol. The van der Waals surface area contributed by atoms with Gasteiger partial charge in [-0.3, -0.25) is 9.59 Å². The summed E-state index contributed by atoms with van der Waals surface area (Å²) in [4.78, 5) is 25.5. The number of rotatable bonds is 1. The molecule has 4 nitrogen and oxygen atoms in total. The second-order valence-corrected chi connectivity index (χ2v) is 4.02. The van der Waals surface area contributed by atoms with E-state index in [1.54, 1.807) is 19.2 Å². The van der Waals surface area contributed by atoms with E-state index < -0.39 is 5.91 Å². The molecule has 0 atom stereocenters. The number of fused-ring (bicyclic) bond motifs is 1. The van der Waals surface area contributed by atoms with Crippen LogP contribution in [0.5, 0.6) is 0 Å². The third-order valence-electron chi connectivity index (χ3n) is 2.07. The fourth-order valence-electron chi connectivity index (χ4n) is 1.44. The molecule has 0 unspecified atom stereocenters. The van der Waals surface area contributed by atoms with Gasteiger partial charge >= 0.3 is 0 Å². The monoisotopic (exact) mass is 208 g/mol. The molecule has 0 fully saturated rings. The van der Waals surface area contributed by atoms with Gasteiger partial charge < -0.3 is 10.7 Å². The minimum Gasteiger partial charge on any atom is -0.365 e. The van der Waals surface area contributed by atoms with Gasteiger partial charge in [-0.1, -0.05) is 0 Å². The largest absolute Gasteiger partial charge is 0.365 e. The van der Waals surface area contributed by atoms with Crippen LogP contribution in [-0.2, 0) is 0 Å². The van der Waals surface area contributed by atoms with Crippen molar-refractivity contribution in [3.05, 3.63) is 33.1 Å². The molecule has 1 amide bonds. The van der Waals surface area contributed by atoms with E-state index in [-0.39, 0.29) is 5.56 Å². The van der Waals surface area contributed by atoms with E-state index in [2.05, 4.69) is 4.98 Å². The molecule has 5 heteroatoms. The lowest BCUT2D eigenvalue weighted by molar-refractivity contribution is 0.100. The smallest absolute Gasteiger partial charge is 0.259 e. The number of hydrogen-bond donors (Lipinski definition) is 2. The summed E-state index contributed by atoms with van der Waals surface area (Å²) >= 11 is 1.25. The number of carbonyl (C=O) groups excluding carboxylic acids is 1. The number of carbonyl (C=O) groups is 1. The number of thiophene rings is 1. The van der Waals surface area contributed by atoms with Gasteiger partial charge in [0.1, 0.15) is 0 Å². The van der Waals surface area contributed by atoms with Gasteiger partial charge in [0.2, 0.25) is 0 Å². The van der Waals surface area contributed by atoms with E-state index >= 15 is 0 Å². The van der Waals surface area contributed by atoms with Gasteiger partial charge in [0.05, 0.1) is 10.3 Å². The number of H-pyrrole nitrogens is 1. The highest BCUT2D eigenvalue weighted by Gasteiger charge is 2.14. The first-order valence-electron chi connectivity index (χ1n) is 4.02. The Morgan fingerprint density at radius 2 is 2.29 bits per heavy atom. The van der Waals surface area contributed by atoms with Crippen molar-refractivity contribution in [2.75, 3.05) is 0 Å². The molecule has 14 heavy (non-hydrogen) atoms. The van der Waals surface area contributed by atoms with Crippen LogP contribution in [0.1, 0.15) is 15.2 Å². The molecule has 0 aromatic carbocycles. The van der Waals surface area contributed by atoms with Crippen LogP contribution >= 0.6 is 11.3 Å². The minimum absolute atomic E-state index is 0.177. The zero-order valence-electron chi connectivity index (χ0n) is 7.46. The molecule has 0 aliphatic heterocycles. The molecule has 0 saturated heterocycles. The number of aromatic amines is 1. The molecule has 72 valence electrons. The van der Waals surface area contributed by atoms with Crippen LogP contribution in [0.25, 0.3) is 10.1 Å². The maximum atomic E-state index is 11.4. The van der Waals surface area contributed by atoms with Crippen LogP contribution in [0.2, 0.25) is 0 Å². The highest BCUT2D eigenvalue weighted by Crippen LogP contribution is 2.27. The quantitative estimate of drug-likeness (QED) is 0.733. The summed E-state index contributed by atoms with van der Waals surface area (Å²) in [5.41, 5.74) is 5.68. The number of amides is 1. The topological polar surface area (TPSA) is 76.0 Å². The zero-order chi connectivity index (χ0) is 10.3. The molecule has 2 rings (SSSR count). The van der Waals surface area contributed by atoms with Gasteiger partial charge in [-0.2, -0.15) is 0 Å².